The lowest BCUT2D eigenvalue weighted by Gasteiger charge is -2.61. The van der Waals surface area contributed by atoms with Gasteiger partial charge in [0.25, 0.3) is 0 Å². The van der Waals surface area contributed by atoms with Crippen molar-refractivity contribution >= 4 is 29.8 Å². The number of carbonyl (C=O) groups excluding carboxylic acids is 3. The van der Waals surface area contributed by atoms with Gasteiger partial charge in [0.15, 0.2) is 17.6 Å². The number of rotatable bonds is 11. The lowest BCUT2D eigenvalue weighted by molar-refractivity contribution is -0.184. The Kier molecular flexibility index (Phi) is 8.07. The SMILES string of the molecule is COc1ccc2c3c1O[C@H]1C(OC(=O)C[C@H](OC(=O)[C@H](C)O)C(=O)O[C@@H](CC(=O)O)C(=O)O)=CC[C@@]4(O)[C@@H](C2)N(C)CC[C@]314. The van der Waals surface area contributed by atoms with Gasteiger partial charge in [-0.25, -0.2) is 14.4 Å². The number of nitrogens with zero attached hydrogens (tertiary/aromatic N) is 1. The Labute approximate surface area is 250 Å². The quantitative estimate of drug-likeness (QED) is 0.184. The van der Waals surface area contributed by atoms with E-state index in [4.69, 9.17) is 28.8 Å². The molecular formula is C29H33NO14. The predicted molar refractivity (Wildman–Crippen MR) is 144 cm³/mol. The summed E-state index contributed by atoms with van der Waals surface area (Å²) in [7, 11) is 3.43. The van der Waals surface area contributed by atoms with Crippen LogP contribution in [0.3, 0.4) is 0 Å². The molecule has 4 aliphatic rings. The highest BCUT2D eigenvalue weighted by Crippen LogP contribution is 2.65. The normalized spacial score (nSPS) is 28.2. The molecule has 5 rings (SSSR count). The standard InChI is InChI=1S/C29H33NO14/c1-13(31)26(37)43-18(27(38)42-17(25(35)36)11-20(32)33)12-21(34)41-16-6-7-29(39)19-10-14-4-5-15(40-3)23-22(14)28(29,24(16)44-23)8-9-30(19)2/h4-6,13,17-19,24,31,39H,7-12H2,1-3H3,(H,32,33)(H,35,36)/t13-,17-,18-,19+,24-,28-,29+/m0/s1. The van der Waals surface area contributed by atoms with Crippen LogP contribution in [0.25, 0.3) is 0 Å². The fraction of sp³-hybridized carbons (Fsp3) is 0.552. The largest absolute Gasteiger partial charge is 0.493 e. The van der Waals surface area contributed by atoms with E-state index in [1.54, 1.807) is 12.1 Å². The molecule has 0 radical (unpaired) electrons. The number of hydrogen-bond acceptors (Lipinski definition) is 13. The maximum atomic E-state index is 13.2. The average molecular weight is 620 g/mol. The zero-order valence-corrected chi connectivity index (χ0v) is 24.2. The van der Waals surface area contributed by atoms with Crippen molar-refractivity contribution in [2.75, 3.05) is 20.7 Å². The van der Waals surface area contributed by atoms with Crippen LogP contribution in [0.15, 0.2) is 24.0 Å². The van der Waals surface area contributed by atoms with Crippen LogP contribution in [0.4, 0.5) is 0 Å². The molecule has 2 aliphatic carbocycles. The topological polar surface area (TPSA) is 216 Å². The summed E-state index contributed by atoms with van der Waals surface area (Å²) in [5, 5.41) is 40.0. The Morgan fingerprint density at radius 1 is 1.09 bits per heavy atom. The number of piperidine rings is 1. The third-order valence-corrected chi connectivity index (χ3v) is 8.90. The molecule has 1 saturated heterocycles. The molecule has 15 nitrogen and oxygen atoms in total. The number of carbonyl (C=O) groups is 5. The average Bonchev–Trinajstić information content (AvgIpc) is 3.31. The first kappa shape index (κ1) is 31.2. The Hall–Kier alpha value is -4.21. The van der Waals surface area contributed by atoms with Crippen molar-refractivity contribution in [1.82, 2.24) is 4.90 Å². The van der Waals surface area contributed by atoms with Gasteiger partial charge >= 0.3 is 29.8 Å². The van der Waals surface area contributed by atoms with Gasteiger partial charge in [-0.3, -0.25) is 9.59 Å². The molecule has 1 spiro atoms. The van der Waals surface area contributed by atoms with Crippen molar-refractivity contribution in [3.63, 3.8) is 0 Å². The molecule has 44 heavy (non-hydrogen) atoms. The van der Waals surface area contributed by atoms with E-state index in [9.17, 15) is 39.3 Å². The zero-order chi connectivity index (χ0) is 32.1. The Bertz CT molecular complexity index is 1440. The minimum atomic E-state index is -2.14. The molecule has 1 aromatic carbocycles. The summed E-state index contributed by atoms with van der Waals surface area (Å²) in [6.07, 6.45) is -6.27. The van der Waals surface area contributed by atoms with Crippen molar-refractivity contribution in [3.05, 3.63) is 35.1 Å². The molecule has 0 amide bonds. The number of likely N-dealkylation sites (N-methyl/N-ethyl adjacent to an activating group) is 1. The minimum Gasteiger partial charge on any atom is -0.493 e. The summed E-state index contributed by atoms with van der Waals surface area (Å²) in [4.78, 5) is 62.7. The van der Waals surface area contributed by atoms with Crippen molar-refractivity contribution in [2.24, 2.45) is 0 Å². The molecular weight excluding hydrogens is 586 g/mol. The molecule has 0 unspecified atom stereocenters. The third kappa shape index (κ3) is 4.94. The lowest BCUT2D eigenvalue weighted by Crippen LogP contribution is -2.74. The van der Waals surface area contributed by atoms with Crippen LogP contribution in [-0.2, 0) is 50.0 Å². The second-order valence-electron chi connectivity index (χ2n) is 11.4. The van der Waals surface area contributed by atoms with Gasteiger partial charge in [-0.15, -0.1) is 0 Å². The number of benzene rings is 1. The highest BCUT2D eigenvalue weighted by Gasteiger charge is 2.72. The number of carboxylic acids is 2. The molecule has 4 N–H and O–H groups in total. The van der Waals surface area contributed by atoms with Gasteiger partial charge in [-0.2, -0.15) is 0 Å². The summed E-state index contributed by atoms with van der Waals surface area (Å²) in [6, 6.07) is 3.45. The maximum absolute atomic E-state index is 13.2. The van der Waals surface area contributed by atoms with Crippen LogP contribution in [0.5, 0.6) is 11.5 Å². The number of aliphatic carboxylic acids is 2. The molecule has 2 heterocycles. The molecule has 1 aromatic rings. The first-order valence-electron chi connectivity index (χ1n) is 14.0. The van der Waals surface area contributed by atoms with Crippen molar-refractivity contribution in [3.8, 4) is 11.5 Å². The molecule has 7 atom stereocenters. The number of aliphatic hydroxyl groups is 2. The lowest BCUT2D eigenvalue weighted by atomic mass is 9.50. The van der Waals surface area contributed by atoms with E-state index in [2.05, 4.69) is 4.90 Å². The summed E-state index contributed by atoms with van der Waals surface area (Å²) in [5.41, 5.74) is -0.505. The van der Waals surface area contributed by atoms with Crippen LogP contribution in [0.2, 0.25) is 0 Å². The smallest absolute Gasteiger partial charge is 0.348 e. The van der Waals surface area contributed by atoms with E-state index in [0.29, 0.717) is 30.9 Å². The highest BCUT2D eigenvalue weighted by molar-refractivity contribution is 5.88. The maximum Gasteiger partial charge on any atom is 0.348 e. The monoisotopic (exact) mass is 619 g/mol. The number of hydrogen-bond donors (Lipinski definition) is 4. The van der Waals surface area contributed by atoms with Gasteiger partial charge < -0.3 is 49.0 Å². The summed E-state index contributed by atoms with van der Waals surface area (Å²) >= 11 is 0. The number of esters is 3. The van der Waals surface area contributed by atoms with E-state index < -0.39 is 78.1 Å². The van der Waals surface area contributed by atoms with Gasteiger partial charge in [0.1, 0.15) is 11.9 Å². The molecule has 2 bridgehead atoms. The second-order valence-corrected chi connectivity index (χ2v) is 11.4. The molecule has 1 fully saturated rings. The summed E-state index contributed by atoms with van der Waals surface area (Å²) < 4.78 is 27.3. The molecule has 2 aliphatic heterocycles. The number of aliphatic hydroxyl groups excluding tert-OH is 1. The summed E-state index contributed by atoms with van der Waals surface area (Å²) in [6.45, 7) is 1.66. The predicted octanol–water partition coefficient (Wildman–Crippen LogP) is -0.330. The molecule has 0 aromatic heterocycles. The van der Waals surface area contributed by atoms with E-state index >= 15 is 0 Å². The fourth-order valence-electron chi connectivity index (χ4n) is 6.88. The van der Waals surface area contributed by atoms with Gasteiger partial charge in [0.05, 0.1) is 31.0 Å². The highest BCUT2D eigenvalue weighted by atomic mass is 16.6. The summed E-state index contributed by atoms with van der Waals surface area (Å²) in [5.74, 6) is -6.38. The number of methoxy groups -OCH3 is 1. The Morgan fingerprint density at radius 3 is 2.43 bits per heavy atom. The Balaban J connectivity index is 1.42. The third-order valence-electron chi connectivity index (χ3n) is 8.90. The van der Waals surface area contributed by atoms with Crippen LogP contribution in [0, 0.1) is 0 Å². The van der Waals surface area contributed by atoms with Gasteiger partial charge in [0.2, 0.25) is 12.2 Å². The number of ether oxygens (including phenoxy) is 5. The fourth-order valence-corrected chi connectivity index (χ4v) is 6.88. The Morgan fingerprint density at radius 2 is 1.80 bits per heavy atom. The molecule has 15 heteroatoms. The van der Waals surface area contributed by atoms with Crippen LogP contribution in [0.1, 0.15) is 43.7 Å². The van der Waals surface area contributed by atoms with E-state index in [0.717, 1.165) is 18.1 Å². The second kappa shape index (κ2) is 11.4. The van der Waals surface area contributed by atoms with Gasteiger partial charge in [0, 0.05) is 18.0 Å². The van der Waals surface area contributed by atoms with Crippen molar-refractivity contribution in [1.29, 1.82) is 0 Å². The van der Waals surface area contributed by atoms with E-state index in [1.807, 2.05) is 13.1 Å². The van der Waals surface area contributed by atoms with Gasteiger partial charge in [-0.1, -0.05) is 6.07 Å². The molecule has 0 saturated carbocycles. The number of carboxylic acid groups (broad SMARTS) is 2. The van der Waals surface area contributed by atoms with Gasteiger partial charge in [-0.05, 0) is 51.1 Å². The van der Waals surface area contributed by atoms with Crippen LogP contribution >= 0.6 is 0 Å². The van der Waals surface area contributed by atoms with Crippen molar-refractivity contribution in [2.45, 2.75) is 80.5 Å². The van der Waals surface area contributed by atoms with Crippen molar-refractivity contribution < 1.29 is 68.1 Å². The van der Waals surface area contributed by atoms with E-state index in [-0.39, 0.29) is 18.2 Å². The number of likely N-dealkylation sites (tertiary alicyclic amines) is 1. The zero-order valence-electron chi connectivity index (χ0n) is 24.2. The first-order chi connectivity index (χ1) is 20.7. The first-order valence-corrected chi connectivity index (χ1v) is 14.0. The minimum absolute atomic E-state index is 0.0531. The van der Waals surface area contributed by atoms with Crippen LogP contribution < -0.4 is 9.47 Å². The van der Waals surface area contributed by atoms with E-state index in [1.165, 1.54) is 7.11 Å². The van der Waals surface area contributed by atoms with Crippen LogP contribution in [-0.4, -0.2) is 112 Å². The molecule has 238 valence electrons.